The number of aryl methyl sites for hydroxylation is 2. The quantitative estimate of drug-likeness (QED) is 0.855. The van der Waals surface area contributed by atoms with Crippen molar-refractivity contribution in [3.05, 3.63) is 21.7 Å². The Morgan fingerprint density at radius 2 is 2.22 bits per heavy atom. The van der Waals surface area contributed by atoms with Gasteiger partial charge in [-0.05, 0) is 35.9 Å². The molecule has 0 aromatic carbocycles. The molecule has 0 aliphatic rings. The molecular weight excluding hydrogens is 341 g/mol. The summed E-state index contributed by atoms with van der Waals surface area (Å²) in [6.07, 6.45) is 4.86. The van der Waals surface area contributed by atoms with Crippen LogP contribution in [0.3, 0.4) is 0 Å². The number of aromatic nitrogens is 4. The molecule has 5 nitrogen and oxygen atoms in total. The first kappa shape index (κ1) is 13.3. The van der Waals surface area contributed by atoms with E-state index in [2.05, 4.69) is 49.9 Å². The number of halogens is 1. The zero-order valence-electron chi connectivity index (χ0n) is 10.7. The minimum Gasteiger partial charge on any atom is -0.369 e. The van der Waals surface area contributed by atoms with Gasteiger partial charge in [0.1, 0.15) is 5.82 Å². The highest BCUT2D eigenvalue weighted by Gasteiger charge is 2.11. The number of hydrogen-bond acceptors (Lipinski definition) is 4. The van der Waals surface area contributed by atoms with Gasteiger partial charge in [0, 0.05) is 26.0 Å². The van der Waals surface area contributed by atoms with Crippen LogP contribution in [0.5, 0.6) is 0 Å². The number of anilines is 1. The molecule has 2 aromatic heterocycles. The zero-order valence-corrected chi connectivity index (χ0v) is 12.9. The lowest BCUT2D eigenvalue weighted by atomic mass is 10.2. The Morgan fingerprint density at radius 1 is 1.44 bits per heavy atom. The van der Waals surface area contributed by atoms with Gasteiger partial charge in [0.25, 0.3) is 0 Å². The molecule has 0 unspecified atom stereocenters. The molecular formula is C12H16IN5. The molecule has 2 rings (SSSR count). The third kappa shape index (κ3) is 2.80. The van der Waals surface area contributed by atoms with Crippen molar-refractivity contribution in [2.45, 2.75) is 20.3 Å². The molecule has 18 heavy (non-hydrogen) atoms. The fraction of sp³-hybridized carbons (Fsp3) is 0.417. The molecule has 6 heteroatoms. The molecule has 2 heterocycles. The third-order valence-electron chi connectivity index (χ3n) is 2.54. The van der Waals surface area contributed by atoms with Gasteiger partial charge in [0.2, 0.25) is 0 Å². The maximum Gasteiger partial charge on any atom is 0.165 e. The summed E-state index contributed by atoms with van der Waals surface area (Å²) in [6, 6.07) is 0. The molecule has 0 bridgehead atoms. The van der Waals surface area contributed by atoms with E-state index in [-0.39, 0.29) is 0 Å². The largest absolute Gasteiger partial charge is 0.369 e. The van der Waals surface area contributed by atoms with Crippen LogP contribution in [0.4, 0.5) is 5.82 Å². The Labute approximate surface area is 120 Å². The Bertz CT molecular complexity index is 549. The lowest BCUT2D eigenvalue weighted by Gasteiger charge is -2.07. The van der Waals surface area contributed by atoms with Crippen molar-refractivity contribution in [1.29, 1.82) is 0 Å². The van der Waals surface area contributed by atoms with Gasteiger partial charge in [0.15, 0.2) is 5.82 Å². The Hall–Kier alpha value is -1.18. The highest BCUT2D eigenvalue weighted by atomic mass is 127. The van der Waals surface area contributed by atoms with Gasteiger partial charge >= 0.3 is 0 Å². The Morgan fingerprint density at radius 3 is 2.83 bits per heavy atom. The molecule has 0 atom stereocenters. The molecule has 0 aliphatic carbocycles. The van der Waals surface area contributed by atoms with Gasteiger partial charge in [-0.3, -0.25) is 4.68 Å². The Kier molecular flexibility index (Phi) is 4.15. The van der Waals surface area contributed by atoms with Gasteiger partial charge in [-0.2, -0.15) is 5.10 Å². The summed E-state index contributed by atoms with van der Waals surface area (Å²) in [6.45, 7) is 5.02. The van der Waals surface area contributed by atoms with E-state index in [0.717, 1.165) is 39.4 Å². The molecule has 0 amide bonds. The average molecular weight is 357 g/mol. The molecule has 0 aliphatic heterocycles. The van der Waals surface area contributed by atoms with Gasteiger partial charge in [-0.15, -0.1) is 0 Å². The highest BCUT2D eigenvalue weighted by Crippen LogP contribution is 2.22. The first-order valence-electron chi connectivity index (χ1n) is 5.89. The van der Waals surface area contributed by atoms with Crippen molar-refractivity contribution in [3.63, 3.8) is 0 Å². The van der Waals surface area contributed by atoms with Crippen LogP contribution in [0.1, 0.15) is 19.0 Å². The van der Waals surface area contributed by atoms with Crippen molar-refractivity contribution in [2.24, 2.45) is 7.05 Å². The summed E-state index contributed by atoms with van der Waals surface area (Å²) < 4.78 is 2.82. The summed E-state index contributed by atoms with van der Waals surface area (Å²) in [5.74, 6) is 1.62. The van der Waals surface area contributed by atoms with E-state index in [9.17, 15) is 0 Å². The maximum absolute atomic E-state index is 4.57. The van der Waals surface area contributed by atoms with E-state index in [1.54, 1.807) is 4.68 Å². The van der Waals surface area contributed by atoms with E-state index >= 15 is 0 Å². The van der Waals surface area contributed by atoms with Crippen molar-refractivity contribution in [3.8, 4) is 11.4 Å². The standard InChI is InChI=1S/C12H16IN5/c1-4-5-14-12-10(13)6-15-11(16-12)9-7-18(3)17-8(9)2/h6-7H,4-5H2,1-3H3,(H,14,15,16). The molecule has 96 valence electrons. The van der Waals surface area contributed by atoms with Gasteiger partial charge in [-0.1, -0.05) is 6.92 Å². The van der Waals surface area contributed by atoms with E-state index in [1.807, 2.05) is 26.4 Å². The SMILES string of the molecule is CCCNc1nc(-c2cn(C)nc2C)ncc1I. The van der Waals surface area contributed by atoms with E-state index < -0.39 is 0 Å². The normalized spacial score (nSPS) is 10.7. The van der Waals surface area contributed by atoms with Crippen LogP contribution in [0.25, 0.3) is 11.4 Å². The van der Waals surface area contributed by atoms with Crippen molar-refractivity contribution < 1.29 is 0 Å². The first-order valence-corrected chi connectivity index (χ1v) is 6.96. The van der Waals surface area contributed by atoms with Gasteiger partial charge in [0.05, 0.1) is 14.8 Å². The predicted octanol–water partition coefficient (Wildman–Crippen LogP) is 2.61. The van der Waals surface area contributed by atoms with Crippen LogP contribution in [-0.4, -0.2) is 26.3 Å². The summed E-state index contributed by atoms with van der Waals surface area (Å²) in [5.41, 5.74) is 1.92. The monoisotopic (exact) mass is 357 g/mol. The number of nitrogens with zero attached hydrogens (tertiary/aromatic N) is 4. The lowest BCUT2D eigenvalue weighted by molar-refractivity contribution is 0.756. The minimum atomic E-state index is 0.722. The van der Waals surface area contributed by atoms with E-state index in [0.29, 0.717) is 0 Å². The van der Waals surface area contributed by atoms with Gasteiger partial charge < -0.3 is 5.32 Å². The molecule has 0 saturated heterocycles. The molecule has 0 spiro atoms. The zero-order chi connectivity index (χ0) is 13.1. The maximum atomic E-state index is 4.57. The molecule has 0 fully saturated rings. The van der Waals surface area contributed by atoms with E-state index in [4.69, 9.17) is 0 Å². The van der Waals surface area contributed by atoms with Crippen LogP contribution in [0.2, 0.25) is 0 Å². The first-order chi connectivity index (χ1) is 8.61. The molecule has 0 radical (unpaired) electrons. The fourth-order valence-electron chi connectivity index (χ4n) is 1.68. The molecule has 2 aromatic rings. The van der Waals surface area contributed by atoms with E-state index in [1.165, 1.54) is 0 Å². The van der Waals surface area contributed by atoms with Crippen molar-refractivity contribution in [1.82, 2.24) is 19.7 Å². The van der Waals surface area contributed by atoms with Crippen LogP contribution in [0.15, 0.2) is 12.4 Å². The Balaban J connectivity index is 2.37. The van der Waals surface area contributed by atoms with Crippen LogP contribution >= 0.6 is 22.6 Å². The summed E-state index contributed by atoms with van der Waals surface area (Å²) in [5, 5.41) is 7.63. The number of hydrogen-bond donors (Lipinski definition) is 1. The smallest absolute Gasteiger partial charge is 0.165 e. The van der Waals surface area contributed by atoms with Crippen LogP contribution in [-0.2, 0) is 7.05 Å². The van der Waals surface area contributed by atoms with Crippen LogP contribution < -0.4 is 5.32 Å². The highest BCUT2D eigenvalue weighted by molar-refractivity contribution is 14.1. The third-order valence-corrected chi connectivity index (χ3v) is 3.33. The van der Waals surface area contributed by atoms with Crippen LogP contribution in [0, 0.1) is 10.5 Å². The van der Waals surface area contributed by atoms with Crippen molar-refractivity contribution in [2.75, 3.05) is 11.9 Å². The predicted molar refractivity (Wildman–Crippen MR) is 80.5 cm³/mol. The second-order valence-corrected chi connectivity index (χ2v) is 5.28. The summed E-state index contributed by atoms with van der Waals surface area (Å²) in [7, 11) is 1.90. The number of nitrogens with one attached hydrogen (secondary N) is 1. The second kappa shape index (κ2) is 5.64. The van der Waals surface area contributed by atoms with Crippen molar-refractivity contribution >= 4 is 28.4 Å². The summed E-state index contributed by atoms with van der Waals surface area (Å²) in [4.78, 5) is 8.95. The van der Waals surface area contributed by atoms with Gasteiger partial charge in [-0.25, -0.2) is 9.97 Å². The lowest BCUT2D eigenvalue weighted by Crippen LogP contribution is -2.05. The minimum absolute atomic E-state index is 0.722. The molecule has 1 N–H and O–H groups in total. The topological polar surface area (TPSA) is 55.6 Å². The summed E-state index contributed by atoms with van der Waals surface area (Å²) >= 11 is 2.24. The average Bonchev–Trinajstić information content (AvgIpc) is 2.67. The number of rotatable bonds is 4. The fourth-order valence-corrected chi connectivity index (χ4v) is 2.13. The molecule has 0 saturated carbocycles. The second-order valence-electron chi connectivity index (χ2n) is 4.12.